The summed E-state index contributed by atoms with van der Waals surface area (Å²) in [5.41, 5.74) is 2.48. The topological polar surface area (TPSA) is 81.5 Å². The van der Waals surface area contributed by atoms with Gasteiger partial charge in [0.05, 0.1) is 32.0 Å². The van der Waals surface area contributed by atoms with Crippen LogP contribution in [0.1, 0.15) is 10.5 Å². The molecule has 0 spiro atoms. The van der Waals surface area contributed by atoms with Crippen molar-refractivity contribution < 1.29 is 18.7 Å². The van der Waals surface area contributed by atoms with E-state index >= 15 is 0 Å². The van der Waals surface area contributed by atoms with Gasteiger partial charge >= 0.3 is 0 Å². The van der Waals surface area contributed by atoms with Gasteiger partial charge in [-0.2, -0.15) is 5.10 Å². The molecule has 1 aliphatic rings. The Labute approximate surface area is 189 Å². The largest absolute Gasteiger partial charge is 0.494 e. The molecule has 0 bridgehead atoms. The molecule has 0 radical (unpaired) electrons. The van der Waals surface area contributed by atoms with Crippen molar-refractivity contribution >= 4 is 28.2 Å². The van der Waals surface area contributed by atoms with Crippen LogP contribution in [0.15, 0.2) is 60.9 Å². The molecule has 0 aliphatic carbocycles. The third-order valence-electron chi connectivity index (χ3n) is 5.58. The minimum Gasteiger partial charge on any atom is -0.494 e. The summed E-state index contributed by atoms with van der Waals surface area (Å²) >= 11 is 0. The van der Waals surface area contributed by atoms with Crippen LogP contribution in [0, 0.1) is 5.82 Å². The average molecular weight is 447 g/mol. The molecule has 2 aromatic heterocycles. The van der Waals surface area contributed by atoms with Crippen LogP contribution in [-0.4, -0.2) is 54.1 Å². The second kappa shape index (κ2) is 8.87. The molecule has 5 rings (SSSR count). The van der Waals surface area contributed by atoms with E-state index in [1.165, 1.54) is 17.9 Å². The van der Waals surface area contributed by atoms with Gasteiger partial charge in [0.25, 0.3) is 5.91 Å². The van der Waals surface area contributed by atoms with Crippen molar-refractivity contribution in [1.82, 2.24) is 14.8 Å². The molecule has 168 valence electrons. The van der Waals surface area contributed by atoms with Gasteiger partial charge in [-0.25, -0.2) is 9.07 Å². The maximum absolute atomic E-state index is 14.7. The molecule has 33 heavy (non-hydrogen) atoms. The Balaban J connectivity index is 1.46. The lowest BCUT2D eigenvalue weighted by Gasteiger charge is -2.28. The molecule has 0 saturated carbocycles. The number of methoxy groups -OCH3 is 1. The Morgan fingerprint density at radius 3 is 2.67 bits per heavy atom. The molecule has 8 nitrogen and oxygen atoms in total. The lowest BCUT2D eigenvalue weighted by molar-refractivity contribution is 0.102. The van der Waals surface area contributed by atoms with Gasteiger partial charge in [0.2, 0.25) is 0 Å². The number of para-hydroxylation sites is 1. The van der Waals surface area contributed by atoms with Gasteiger partial charge in [0.1, 0.15) is 11.4 Å². The third kappa shape index (κ3) is 3.98. The summed E-state index contributed by atoms with van der Waals surface area (Å²) in [5.74, 6) is -0.624. The van der Waals surface area contributed by atoms with E-state index in [-0.39, 0.29) is 11.4 Å². The number of anilines is 2. The fraction of sp³-hybridized carbons (Fsp3) is 0.208. The molecule has 2 aromatic carbocycles. The Bertz CT molecular complexity index is 1300. The molecule has 3 heterocycles. The van der Waals surface area contributed by atoms with Crippen molar-refractivity contribution in [2.75, 3.05) is 43.6 Å². The number of hydrogen-bond donors (Lipinski definition) is 1. The number of halogens is 1. The first-order valence-electron chi connectivity index (χ1n) is 10.6. The number of benzene rings is 2. The number of amides is 1. The Morgan fingerprint density at radius 1 is 1.12 bits per heavy atom. The van der Waals surface area contributed by atoms with Gasteiger partial charge in [0.15, 0.2) is 11.5 Å². The predicted molar refractivity (Wildman–Crippen MR) is 123 cm³/mol. The number of fused-ring (bicyclic) bond motifs is 1. The molecule has 1 aliphatic heterocycles. The van der Waals surface area contributed by atoms with Gasteiger partial charge in [-0.1, -0.05) is 6.07 Å². The Kier molecular flexibility index (Phi) is 5.62. The number of rotatable bonds is 5. The molecule has 0 unspecified atom stereocenters. The highest BCUT2D eigenvalue weighted by atomic mass is 19.1. The van der Waals surface area contributed by atoms with Crippen LogP contribution < -0.4 is 15.0 Å². The summed E-state index contributed by atoms with van der Waals surface area (Å²) in [4.78, 5) is 19.5. The number of ether oxygens (including phenoxy) is 2. The third-order valence-corrected chi connectivity index (χ3v) is 5.58. The Hall–Kier alpha value is -3.98. The maximum Gasteiger partial charge on any atom is 0.276 e. The number of pyridine rings is 1. The van der Waals surface area contributed by atoms with Gasteiger partial charge in [0, 0.05) is 36.0 Å². The number of morpholine rings is 1. The number of hydrogen-bond acceptors (Lipinski definition) is 6. The smallest absolute Gasteiger partial charge is 0.276 e. The highest BCUT2D eigenvalue weighted by Gasteiger charge is 2.22. The van der Waals surface area contributed by atoms with Crippen LogP contribution in [-0.2, 0) is 4.74 Å². The first-order chi connectivity index (χ1) is 16.2. The Morgan fingerprint density at radius 2 is 1.91 bits per heavy atom. The molecule has 1 amide bonds. The highest BCUT2D eigenvalue weighted by molar-refractivity contribution is 6.11. The van der Waals surface area contributed by atoms with Gasteiger partial charge in [-0.3, -0.25) is 9.78 Å². The van der Waals surface area contributed by atoms with Gasteiger partial charge in [-0.05, 0) is 42.5 Å². The van der Waals surface area contributed by atoms with E-state index in [1.807, 2.05) is 24.3 Å². The first-order valence-corrected chi connectivity index (χ1v) is 10.6. The standard InChI is InChI=1S/C24H22FN5O3/c1-32-21-4-2-3-19(25)23(21)30-20-15-26-10-9-18(20)22(28-30)24(31)27-16-5-7-17(8-6-16)29-11-13-33-14-12-29/h2-10,15H,11-14H2,1H3,(H,27,31). The fourth-order valence-corrected chi connectivity index (χ4v) is 3.93. The number of aromatic nitrogens is 3. The molecule has 1 saturated heterocycles. The van der Waals surface area contributed by atoms with Gasteiger partial charge < -0.3 is 19.7 Å². The number of carbonyl (C=O) groups is 1. The fourth-order valence-electron chi connectivity index (χ4n) is 3.93. The highest BCUT2D eigenvalue weighted by Crippen LogP contribution is 2.30. The van der Waals surface area contributed by atoms with Crippen molar-refractivity contribution in [2.24, 2.45) is 0 Å². The average Bonchev–Trinajstić information content (AvgIpc) is 3.24. The summed E-state index contributed by atoms with van der Waals surface area (Å²) in [7, 11) is 1.45. The SMILES string of the molecule is COc1cccc(F)c1-n1nc(C(=O)Nc2ccc(N3CCOCC3)cc2)c2ccncc21. The molecular weight excluding hydrogens is 425 g/mol. The van der Waals surface area contributed by atoms with E-state index in [0.717, 1.165) is 18.8 Å². The predicted octanol–water partition coefficient (Wildman–Crippen LogP) is 3.66. The van der Waals surface area contributed by atoms with Crippen LogP contribution >= 0.6 is 0 Å². The summed E-state index contributed by atoms with van der Waals surface area (Å²) in [6, 6.07) is 13.8. The molecule has 9 heteroatoms. The zero-order chi connectivity index (χ0) is 22.8. The van der Waals surface area contributed by atoms with E-state index < -0.39 is 11.7 Å². The minimum absolute atomic E-state index is 0.118. The first kappa shape index (κ1) is 20.9. The van der Waals surface area contributed by atoms with Crippen LogP contribution in [0.4, 0.5) is 15.8 Å². The van der Waals surface area contributed by atoms with Crippen molar-refractivity contribution in [3.63, 3.8) is 0 Å². The van der Waals surface area contributed by atoms with Crippen molar-refractivity contribution in [3.8, 4) is 11.4 Å². The van der Waals surface area contributed by atoms with Crippen molar-refractivity contribution in [1.29, 1.82) is 0 Å². The quantitative estimate of drug-likeness (QED) is 0.503. The molecule has 1 N–H and O–H groups in total. The maximum atomic E-state index is 14.7. The minimum atomic E-state index is -0.520. The molecule has 4 aromatic rings. The van der Waals surface area contributed by atoms with E-state index in [4.69, 9.17) is 9.47 Å². The second-order valence-electron chi connectivity index (χ2n) is 7.54. The zero-order valence-corrected chi connectivity index (χ0v) is 18.0. The molecule has 0 atom stereocenters. The summed E-state index contributed by atoms with van der Waals surface area (Å²) in [6.07, 6.45) is 3.11. The summed E-state index contributed by atoms with van der Waals surface area (Å²) in [5, 5.41) is 7.88. The van der Waals surface area contributed by atoms with Crippen molar-refractivity contribution in [2.45, 2.75) is 0 Å². The lowest BCUT2D eigenvalue weighted by atomic mass is 10.2. The molecular formula is C24H22FN5O3. The summed E-state index contributed by atoms with van der Waals surface area (Å²) < 4.78 is 26.8. The summed E-state index contributed by atoms with van der Waals surface area (Å²) in [6.45, 7) is 3.08. The van der Waals surface area contributed by atoms with Crippen LogP contribution in [0.25, 0.3) is 16.6 Å². The van der Waals surface area contributed by atoms with Crippen LogP contribution in [0.2, 0.25) is 0 Å². The number of nitrogens with zero attached hydrogens (tertiary/aromatic N) is 4. The monoisotopic (exact) mass is 447 g/mol. The zero-order valence-electron chi connectivity index (χ0n) is 18.0. The number of carbonyl (C=O) groups excluding carboxylic acids is 1. The lowest BCUT2D eigenvalue weighted by Crippen LogP contribution is -2.36. The van der Waals surface area contributed by atoms with Crippen molar-refractivity contribution in [3.05, 3.63) is 72.4 Å². The van der Waals surface area contributed by atoms with E-state index in [2.05, 4.69) is 20.3 Å². The second-order valence-corrected chi connectivity index (χ2v) is 7.54. The van der Waals surface area contributed by atoms with E-state index in [9.17, 15) is 9.18 Å². The van der Waals surface area contributed by atoms with E-state index in [0.29, 0.717) is 35.6 Å². The number of nitrogens with one attached hydrogen (secondary N) is 1. The van der Waals surface area contributed by atoms with Gasteiger partial charge in [-0.15, -0.1) is 0 Å². The molecule has 1 fully saturated rings. The normalized spacial score (nSPS) is 13.8. The van der Waals surface area contributed by atoms with Crippen LogP contribution in [0.5, 0.6) is 5.75 Å². The van der Waals surface area contributed by atoms with Crippen LogP contribution in [0.3, 0.4) is 0 Å². The van der Waals surface area contributed by atoms with E-state index in [1.54, 1.807) is 30.6 Å².